The summed E-state index contributed by atoms with van der Waals surface area (Å²) in [5.74, 6) is -1.09. The van der Waals surface area contributed by atoms with Gasteiger partial charge < -0.3 is 5.73 Å². The van der Waals surface area contributed by atoms with Gasteiger partial charge in [0, 0.05) is 11.8 Å². The summed E-state index contributed by atoms with van der Waals surface area (Å²) in [4.78, 5) is 0.435. The Morgan fingerprint density at radius 3 is 2.18 bits per heavy atom. The molecule has 1 aliphatic carbocycles. The first-order valence-corrected chi connectivity index (χ1v) is 8.72. The summed E-state index contributed by atoms with van der Waals surface area (Å²) in [7, 11) is -3.53. The van der Waals surface area contributed by atoms with Crippen LogP contribution in [0, 0.1) is 11.7 Å². The summed E-state index contributed by atoms with van der Waals surface area (Å²) in [5.41, 5.74) is 6.45. The largest absolute Gasteiger partial charge is 0.393 e. The molecular weight excluding hydrogens is 321 g/mol. The maximum absolute atomic E-state index is 13.1. The number of benzene rings is 2. The first-order valence-electron chi connectivity index (χ1n) is 6.76. The molecule has 3 nitrogen and oxygen atoms in total. The van der Waals surface area contributed by atoms with Crippen molar-refractivity contribution in [3.8, 4) is 0 Å². The SMILES string of the molecule is NC(=S)[C@@H]1[C@H](c2ccc(F)cc2)[C@H]1S(=O)(=O)c1ccccc1. The third-order valence-electron chi connectivity index (χ3n) is 3.97. The molecule has 3 rings (SSSR count). The van der Waals surface area contributed by atoms with Crippen molar-refractivity contribution in [3.63, 3.8) is 0 Å². The highest BCUT2D eigenvalue weighted by Gasteiger charge is 2.60. The molecule has 0 spiro atoms. The maximum atomic E-state index is 13.1. The van der Waals surface area contributed by atoms with Gasteiger partial charge in [-0.2, -0.15) is 0 Å². The highest BCUT2D eigenvalue weighted by molar-refractivity contribution is 7.92. The molecule has 0 bridgehead atoms. The van der Waals surface area contributed by atoms with Crippen LogP contribution in [0.1, 0.15) is 11.5 Å². The van der Waals surface area contributed by atoms with Crippen molar-refractivity contribution in [2.75, 3.05) is 0 Å². The van der Waals surface area contributed by atoms with Gasteiger partial charge in [0.15, 0.2) is 9.84 Å². The Morgan fingerprint density at radius 2 is 1.64 bits per heavy atom. The van der Waals surface area contributed by atoms with Gasteiger partial charge in [-0.05, 0) is 29.8 Å². The molecule has 0 aromatic heterocycles. The van der Waals surface area contributed by atoms with Crippen molar-refractivity contribution in [3.05, 3.63) is 66.0 Å². The Bertz CT molecular complexity index is 804. The van der Waals surface area contributed by atoms with E-state index in [2.05, 4.69) is 0 Å². The molecule has 0 heterocycles. The van der Waals surface area contributed by atoms with E-state index in [1.54, 1.807) is 42.5 Å². The lowest BCUT2D eigenvalue weighted by Crippen LogP contribution is -2.17. The van der Waals surface area contributed by atoms with Crippen LogP contribution in [-0.4, -0.2) is 18.7 Å². The van der Waals surface area contributed by atoms with Gasteiger partial charge in [-0.25, -0.2) is 12.8 Å². The van der Waals surface area contributed by atoms with Crippen LogP contribution in [0.4, 0.5) is 4.39 Å². The second kappa shape index (κ2) is 5.44. The fourth-order valence-corrected chi connectivity index (χ4v) is 5.41. The number of rotatable bonds is 4. The molecule has 0 saturated heterocycles. The Labute approximate surface area is 133 Å². The molecule has 1 aliphatic rings. The minimum Gasteiger partial charge on any atom is -0.393 e. The van der Waals surface area contributed by atoms with Crippen LogP contribution < -0.4 is 5.73 Å². The molecule has 6 heteroatoms. The molecule has 1 saturated carbocycles. The predicted molar refractivity (Wildman–Crippen MR) is 86.8 cm³/mol. The van der Waals surface area contributed by atoms with Crippen molar-refractivity contribution in [1.29, 1.82) is 0 Å². The summed E-state index contributed by atoms with van der Waals surface area (Å²) in [5, 5.41) is -0.683. The molecule has 0 radical (unpaired) electrons. The molecule has 3 atom stereocenters. The number of sulfone groups is 1. The first-order chi connectivity index (χ1) is 10.4. The monoisotopic (exact) mass is 335 g/mol. The number of nitrogens with two attached hydrogens (primary N) is 1. The number of halogens is 1. The van der Waals surface area contributed by atoms with Crippen molar-refractivity contribution >= 4 is 27.0 Å². The van der Waals surface area contributed by atoms with E-state index in [1.165, 1.54) is 12.1 Å². The van der Waals surface area contributed by atoms with E-state index in [-0.39, 0.29) is 21.6 Å². The highest BCUT2D eigenvalue weighted by Crippen LogP contribution is 2.54. The van der Waals surface area contributed by atoms with Crippen LogP contribution in [0.15, 0.2) is 59.5 Å². The lowest BCUT2D eigenvalue weighted by Gasteiger charge is -2.04. The second-order valence-electron chi connectivity index (χ2n) is 5.33. The van der Waals surface area contributed by atoms with Crippen LogP contribution in [0.3, 0.4) is 0 Å². The highest BCUT2D eigenvalue weighted by atomic mass is 32.2. The van der Waals surface area contributed by atoms with Gasteiger partial charge in [-0.3, -0.25) is 0 Å². The molecule has 0 aliphatic heterocycles. The number of hydrogen-bond donors (Lipinski definition) is 1. The maximum Gasteiger partial charge on any atom is 0.182 e. The van der Waals surface area contributed by atoms with Crippen LogP contribution >= 0.6 is 12.2 Å². The van der Waals surface area contributed by atoms with E-state index in [0.29, 0.717) is 0 Å². The average Bonchev–Trinajstić information content (AvgIpc) is 3.25. The predicted octanol–water partition coefficient (Wildman–Crippen LogP) is 2.67. The fourth-order valence-electron chi connectivity index (χ4n) is 2.86. The summed E-state index contributed by atoms with van der Waals surface area (Å²) in [6.07, 6.45) is 0. The third-order valence-corrected chi connectivity index (χ3v) is 6.47. The topological polar surface area (TPSA) is 60.2 Å². The average molecular weight is 335 g/mol. The second-order valence-corrected chi connectivity index (χ2v) is 7.91. The molecule has 2 aromatic rings. The molecule has 22 heavy (non-hydrogen) atoms. The molecule has 0 amide bonds. The lowest BCUT2D eigenvalue weighted by molar-refractivity contribution is 0.593. The van der Waals surface area contributed by atoms with Gasteiger partial charge in [0.05, 0.1) is 15.1 Å². The van der Waals surface area contributed by atoms with Crippen LogP contribution in [0.2, 0.25) is 0 Å². The normalized spacial score (nSPS) is 24.0. The van der Waals surface area contributed by atoms with E-state index in [1.807, 2.05) is 0 Å². The molecule has 2 aromatic carbocycles. The van der Waals surface area contributed by atoms with Crippen molar-refractivity contribution < 1.29 is 12.8 Å². The van der Waals surface area contributed by atoms with Crippen LogP contribution in [0.5, 0.6) is 0 Å². The van der Waals surface area contributed by atoms with Gasteiger partial charge in [0.25, 0.3) is 0 Å². The summed E-state index contributed by atoms with van der Waals surface area (Å²) >= 11 is 5.02. The van der Waals surface area contributed by atoms with Gasteiger partial charge >= 0.3 is 0 Å². The zero-order valence-electron chi connectivity index (χ0n) is 11.5. The van der Waals surface area contributed by atoms with Gasteiger partial charge in [0.2, 0.25) is 0 Å². The van der Waals surface area contributed by atoms with Crippen LogP contribution in [-0.2, 0) is 9.84 Å². The minimum atomic E-state index is -3.53. The minimum absolute atomic E-state index is 0.179. The summed E-state index contributed by atoms with van der Waals surface area (Å²) < 4.78 is 38.6. The Hall–Kier alpha value is -1.79. The summed E-state index contributed by atoms with van der Waals surface area (Å²) in [6.45, 7) is 0. The van der Waals surface area contributed by atoms with Crippen molar-refractivity contribution in [2.24, 2.45) is 11.7 Å². The van der Waals surface area contributed by atoms with Crippen LogP contribution in [0.25, 0.3) is 0 Å². The third kappa shape index (κ3) is 2.53. The quantitative estimate of drug-likeness (QED) is 0.873. The van der Waals surface area contributed by atoms with Crippen molar-refractivity contribution in [1.82, 2.24) is 0 Å². The first kappa shape index (κ1) is 15.1. The fraction of sp³-hybridized carbons (Fsp3) is 0.188. The van der Waals surface area contributed by atoms with E-state index in [9.17, 15) is 12.8 Å². The lowest BCUT2D eigenvalue weighted by atomic mass is 10.1. The smallest absolute Gasteiger partial charge is 0.182 e. The Balaban J connectivity index is 1.99. The Morgan fingerprint density at radius 1 is 1.05 bits per heavy atom. The number of thiocarbonyl (C=S) groups is 1. The standard InChI is InChI=1S/C16H14FNO2S2/c17-11-8-6-10(7-9-11)13-14(16(18)21)15(13)22(19,20)12-4-2-1-3-5-12/h1-9,13-15H,(H2,18,21)/t13-,14+,15+/m0/s1. The van der Waals surface area contributed by atoms with Gasteiger partial charge in [-0.1, -0.05) is 42.5 Å². The van der Waals surface area contributed by atoms with E-state index in [0.717, 1.165) is 5.56 Å². The zero-order chi connectivity index (χ0) is 15.9. The van der Waals surface area contributed by atoms with E-state index in [4.69, 9.17) is 18.0 Å². The van der Waals surface area contributed by atoms with E-state index < -0.39 is 21.0 Å². The zero-order valence-corrected chi connectivity index (χ0v) is 13.1. The molecule has 2 N–H and O–H groups in total. The van der Waals surface area contributed by atoms with Gasteiger partial charge in [0.1, 0.15) is 5.82 Å². The van der Waals surface area contributed by atoms with Crippen molar-refractivity contribution in [2.45, 2.75) is 16.1 Å². The van der Waals surface area contributed by atoms with Gasteiger partial charge in [-0.15, -0.1) is 0 Å². The molecular formula is C16H14FNO2S2. The molecule has 1 fully saturated rings. The van der Waals surface area contributed by atoms with E-state index >= 15 is 0 Å². The number of hydrogen-bond acceptors (Lipinski definition) is 3. The Kier molecular flexibility index (Phi) is 3.74. The molecule has 0 unspecified atom stereocenters. The summed E-state index contributed by atoms with van der Waals surface area (Å²) in [6, 6.07) is 14.0. The molecule has 114 valence electrons.